The second kappa shape index (κ2) is 7.26. The molecule has 1 fully saturated rings. The number of para-hydroxylation sites is 2. The van der Waals surface area contributed by atoms with Gasteiger partial charge in [-0.05, 0) is 75.5 Å². The molecule has 6 heteroatoms. The predicted molar refractivity (Wildman–Crippen MR) is 111 cm³/mol. The lowest BCUT2D eigenvalue weighted by Crippen LogP contribution is -2.60. The molecule has 1 saturated heterocycles. The Morgan fingerprint density at radius 2 is 2.00 bits per heavy atom. The monoisotopic (exact) mass is 395 g/mol. The van der Waals surface area contributed by atoms with Crippen LogP contribution in [-0.2, 0) is 9.59 Å². The smallest absolute Gasteiger partial charge is 0.250 e. The number of aryl methyl sites for hydroxylation is 1. The molecule has 0 spiro atoms. The number of fused-ring (bicyclic) bond motifs is 1. The van der Waals surface area contributed by atoms with E-state index < -0.39 is 5.54 Å². The van der Waals surface area contributed by atoms with Crippen LogP contribution >= 0.6 is 0 Å². The lowest BCUT2D eigenvalue weighted by Gasteiger charge is -2.43. The van der Waals surface area contributed by atoms with Crippen LogP contribution in [0, 0.1) is 12.7 Å². The highest BCUT2D eigenvalue weighted by Crippen LogP contribution is 2.38. The van der Waals surface area contributed by atoms with E-state index in [1.165, 1.54) is 6.07 Å². The summed E-state index contributed by atoms with van der Waals surface area (Å²) >= 11 is 0. The molecule has 0 bridgehead atoms. The van der Waals surface area contributed by atoms with E-state index in [-0.39, 0.29) is 30.2 Å². The number of benzene rings is 2. The first-order valence-corrected chi connectivity index (χ1v) is 10.0. The number of rotatable bonds is 3. The van der Waals surface area contributed by atoms with Crippen molar-refractivity contribution in [1.29, 1.82) is 0 Å². The number of anilines is 2. The maximum Gasteiger partial charge on any atom is 0.250 e. The number of carbonyl (C=O) groups excluding carboxylic acids is 2. The molecule has 2 amide bonds. The molecule has 2 aliphatic rings. The molecule has 0 radical (unpaired) electrons. The highest BCUT2D eigenvalue weighted by molar-refractivity contribution is 6.14. The minimum Gasteiger partial charge on any atom is -0.322 e. The van der Waals surface area contributed by atoms with Crippen LogP contribution < -0.4 is 10.2 Å². The zero-order valence-electron chi connectivity index (χ0n) is 17.0. The maximum atomic E-state index is 13.5. The highest BCUT2D eigenvalue weighted by Gasteiger charge is 2.44. The van der Waals surface area contributed by atoms with Gasteiger partial charge in [0.05, 0.1) is 17.9 Å². The first-order chi connectivity index (χ1) is 13.8. The molecule has 1 unspecified atom stereocenters. The molecule has 0 aliphatic carbocycles. The van der Waals surface area contributed by atoms with Crippen LogP contribution in [0.3, 0.4) is 0 Å². The fourth-order valence-electron chi connectivity index (χ4n) is 4.52. The Hall–Kier alpha value is -2.73. The molecule has 2 heterocycles. The summed E-state index contributed by atoms with van der Waals surface area (Å²) in [5, 5.41) is 2.89. The number of carbonyl (C=O) groups is 2. The van der Waals surface area contributed by atoms with E-state index in [1.54, 1.807) is 24.8 Å². The van der Waals surface area contributed by atoms with Crippen molar-refractivity contribution < 1.29 is 14.0 Å². The molecule has 1 atom stereocenters. The number of likely N-dealkylation sites (tertiary alicyclic amines) is 1. The predicted octanol–water partition coefficient (Wildman–Crippen LogP) is 4.03. The third-order valence-electron chi connectivity index (χ3n) is 6.05. The SMILES string of the molecule is Cc1cc(F)ccc1C1CCCN1CC(=O)N1c2ccccc2NC(=O)C1(C)C. The summed E-state index contributed by atoms with van der Waals surface area (Å²) in [6.07, 6.45) is 1.91. The second-order valence-electron chi connectivity index (χ2n) is 8.39. The highest BCUT2D eigenvalue weighted by atomic mass is 19.1. The van der Waals surface area contributed by atoms with E-state index in [0.29, 0.717) is 5.69 Å². The Morgan fingerprint density at radius 1 is 1.24 bits per heavy atom. The van der Waals surface area contributed by atoms with E-state index in [9.17, 15) is 14.0 Å². The lowest BCUT2D eigenvalue weighted by molar-refractivity contribution is -0.127. The molecule has 5 nitrogen and oxygen atoms in total. The first-order valence-electron chi connectivity index (χ1n) is 10.0. The Kier molecular flexibility index (Phi) is 4.90. The van der Waals surface area contributed by atoms with Crippen molar-refractivity contribution >= 4 is 23.2 Å². The quantitative estimate of drug-likeness (QED) is 0.854. The number of amides is 2. The fourth-order valence-corrected chi connectivity index (χ4v) is 4.52. The van der Waals surface area contributed by atoms with E-state index in [4.69, 9.17) is 0 Å². The molecule has 0 aromatic heterocycles. The topological polar surface area (TPSA) is 52.7 Å². The summed E-state index contributed by atoms with van der Waals surface area (Å²) in [7, 11) is 0. The van der Waals surface area contributed by atoms with Crippen LogP contribution in [0.2, 0.25) is 0 Å². The summed E-state index contributed by atoms with van der Waals surface area (Å²) in [6, 6.07) is 12.3. The summed E-state index contributed by atoms with van der Waals surface area (Å²) in [5.74, 6) is -0.551. The van der Waals surface area contributed by atoms with Crippen LogP contribution in [0.4, 0.5) is 15.8 Å². The molecular formula is C23H26FN3O2. The molecule has 2 aromatic carbocycles. The Labute approximate surface area is 170 Å². The summed E-state index contributed by atoms with van der Waals surface area (Å²) in [5.41, 5.74) is 2.35. The van der Waals surface area contributed by atoms with Gasteiger partial charge in [0, 0.05) is 6.04 Å². The van der Waals surface area contributed by atoms with E-state index >= 15 is 0 Å². The van der Waals surface area contributed by atoms with Crippen LogP contribution in [0.15, 0.2) is 42.5 Å². The Bertz CT molecular complexity index is 972. The van der Waals surface area contributed by atoms with Crippen LogP contribution in [0.25, 0.3) is 0 Å². The van der Waals surface area contributed by atoms with Crippen molar-refractivity contribution in [3.05, 3.63) is 59.4 Å². The average molecular weight is 395 g/mol. The van der Waals surface area contributed by atoms with Crippen molar-refractivity contribution in [3.63, 3.8) is 0 Å². The van der Waals surface area contributed by atoms with Gasteiger partial charge in [0.15, 0.2) is 0 Å². The molecule has 4 rings (SSSR count). The molecule has 0 saturated carbocycles. The second-order valence-corrected chi connectivity index (χ2v) is 8.39. The van der Waals surface area contributed by atoms with Gasteiger partial charge in [0.1, 0.15) is 11.4 Å². The number of hydrogen-bond donors (Lipinski definition) is 1. The minimum absolute atomic E-state index is 0.0801. The lowest BCUT2D eigenvalue weighted by atomic mass is 9.95. The maximum absolute atomic E-state index is 13.5. The molecule has 2 aromatic rings. The third kappa shape index (κ3) is 3.42. The van der Waals surface area contributed by atoms with Gasteiger partial charge in [0.2, 0.25) is 11.8 Å². The van der Waals surface area contributed by atoms with Gasteiger partial charge < -0.3 is 5.32 Å². The number of hydrogen-bond acceptors (Lipinski definition) is 3. The van der Waals surface area contributed by atoms with Crippen molar-refractivity contribution in [3.8, 4) is 0 Å². The number of nitrogens with zero attached hydrogens (tertiary/aromatic N) is 2. The molecular weight excluding hydrogens is 369 g/mol. The summed E-state index contributed by atoms with van der Waals surface area (Å²) in [6.45, 7) is 6.45. The van der Waals surface area contributed by atoms with Gasteiger partial charge in [-0.2, -0.15) is 0 Å². The van der Waals surface area contributed by atoms with Crippen molar-refractivity contribution in [2.75, 3.05) is 23.3 Å². The Morgan fingerprint density at radius 3 is 2.76 bits per heavy atom. The fraction of sp³-hybridized carbons (Fsp3) is 0.391. The van der Waals surface area contributed by atoms with Gasteiger partial charge >= 0.3 is 0 Å². The average Bonchev–Trinajstić information content (AvgIpc) is 3.10. The van der Waals surface area contributed by atoms with Gasteiger partial charge in [0.25, 0.3) is 0 Å². The van der Waals surface area contributed by atoms with E-state index in [0.717, 1.165) is 36.2 Å². The summed E-state index contributed by atoms with van der Waals surface area (Å²) in [4.78, 5) is 29.8. The van der Waals surface area contributed by atoms with Gasteiger partial charge in [-0.1, -0.05) is 18.2 Å². The minimum atomic E-state index is -0.980. The van der Waals surface area contributed by atoms with Crippen molar-refractivity contribution in [1.82, 2.24) is 4.90 Å². The molecule has 29 heavy (non-hydrogen) atoms. The van der Waals surface area contributed by atoms with Crippen molar-refractivity contribution in [2.45, 2.75) is 45.2 Å². The zero-order valence-corrected chi connectivity index (χ0v) is 17.0. The number of nitrogens with one attached hydrogen (secondary N) is 1. The van der Waals surface area contributed by atoms with Crippen LogP contribution in [-0.4, -0.2) is 35.3 Å². The van der Waals surface area contributed by atoms with Gasteiger partial charge in [-0.25, -0.2) is 4.39 Å². The molecule has 1 N–H and O–H groups in total. The molecule has 152 valence electrons. The van der Waals surface area contributed by atoms with Crippen LogP contribution in [0.5, 0.6) is 0 Å². The van der Waals surface area contributed by atoms with Gasteiger partial charge in [-0.3, -0.25) is 19.4 Å². The number of halogens is 1. The third-order valence-corrected chi connectivity index (χ3v) is 6.05. The van der Waals surface area contributed by atoms with Gasteiger partial charge in [-0.15, -0.1) is 0 Å². The van der Waals surface area contributed by atoms with Crippen LogP contribution in [0.1, 0.15) is 43.9 Å². The van der Waals surface area contributed by atoms with Crippen molar-refractivity contribution in [2.24, 2.45) is 0 Å². The first kappa shape index (κ1) is 19.6. The summed E-state index contributed by atoms with van der Waals surface area (Å²) < 4.78 is 13.5. The van der Waals surface area contributed by atoms with E-state index in [1.807, 2.05) is 37.3 Å². The normalized spacial score (nSPS) is 21.0. The zero-order chi connectivity index (χ0) is 20.8. The van der Waals surface area contributed by atoms with E-state index in [2.05, 4.69) is 10.2 Å². The standard InChI is InChI=1S/C23H26FN3O2/c1-15-13-16(24)10-11-17(15)19-9-6-12-26(19)14-21(28)27-20-8-5-4-7-18(20)25-22(29)23(27,2)3/h4-5,7-8,10-11,13,19H,6,9,12,14H2,1-3H3,(H,25,29). The largest absolute Gasteiger partial charge is 0.322 e. The molecule has 2 aliphatic heterocycles. The Balaban J connectivity index is 1.62.